The van der Waals surface area contributed by atoms with Crippen LogP contribution in [0.4, 0.5) is 10.3 Å². The van der Waals surface area contributed by atoms with Gasteiger partial charge in [-0.15, -0.1) is 5.10 Å². The summed E-state index contributed by atoms with van der Waals surface area (Å²) in [5.74, 6) is 0.305. The number of benzene rings is 1. The topological polar surface area (TPSA) is 97.7 Å². The van der Waals surface area contributed by atoms with Crippen LogP contribution in [-0.2, 0) is 4.79 Å². The van der Waals surface area contributed by atoms with Crippen LogP contribution in [0.5, 0.6) is 0 Å². The van der Waals surface area contributed by atoms with E-state index in [0.29, 0.717) is 31.3 Å². The maximum absolute atomic E-state index is 13.2. The number of nitrogens with zero attached hydrogens (tertiary/aromatic N) is 6. The summed E-state index contributed by atoms with van der Waals surface area (Å²) in [5, 5.41) is 21.2. The number of aromatic nitrogens is 3. The van der Waals surface area contributed by atoms with Crippen LogP contribution in [0.15, 0.2) is 30.5 Å². The molecule has 2 aliphatic rings. The van der Waals surface area contributed by atoms with Gasteiger partial charge in [-0.25, -0.2) is 9.37 Å². The van der Waals surface area contributed by atoms with Gasteiger partial charge in [-0.1, -0.05) is 0 Å². The minimum Gasteiger partial charge on any atom is -0.394 e. The SMILES string of the molecule is CN(C)[C@]1(CO)CC[C@@H](NC(=O)CN2CCN(c3nncc(-c4ccc(F)cc4)n3)CC2)CC1. The Morgan fingerprint density at radius 2 is 1.85 bits per heavy atom. The molecule has 2 aromatic rings. The third-order valence-corrected chi connectivity index (χ3v) is 7.23. The molecule has 2 N–H and O–H groups in total. The van der Waals surface area contributed by atoms with E-state index in [1.165, 1.54) is 12.1 Å². The van der Waals surface area contributed by atoms with E-state index in [1.807, 2.05) is 14.1 Å². The number of rotatable bonds is 7. The highest BCUT2D eigenvalue weighted by molar-refractivity contribution is 5.78. The van der Waals surface area contributed by atoms with Crippen LogP contribution in [0, 0.1) is 5.82 Å². The number of anilines is 1. The lowest BCUT2D eigenvalue weighted by Crippen LogP contribution is -2.54. The predicted molar refractivity (Wildman–Crippen MR) is 128 cm³/mol. The zero-order chi connectivity index (χ0) is 24.1. The van der Waals surface area contributed by atoms with Gasteiger partial charge < -0.3 is 20.2 Å². The number of carbonyl (C=O) groups is 1. The highest BCUT2D eigenvalue weighted by Crippen LogP contribution is 2.32. The summed E-state index contributed by atoms with van der Waals surface area (Å²) >= 11 is 0. The number of halogens is 1. The monoisotopic (exact) mass is 471 g/mol. The molecule has 10 heteroatoms. The lowest BCUT2D eigenvalue weighted by molar-refractivity contribution is -0.123. The van der Waals surface area contributed by atoms with E-state index in [9.17, 15) is 14.3 Å². The highest BCUT2D eigenvalue weighted by Gasteiger charge is 2.37. The number of likely N-dealkylation sites (N-methyl/N-ethyl adjacent to an activating group) is 1. The number of nitrogens with one attached hydrogen (secondary N) is 1. The van der Waals surface area contributed by atoms with E-state index in [-0.39, 0.29) is 29.9 Å². The molecular formula is C24H34FN7O2. The largest absolute Gasteiger partial charge is 0.394 e. The van der Waals surface area contributed by atoms with E-state index in [0.717, 1.165) is 44.3 Å². The number of aliphatic hydroxyl groups is 1. The Bertz CT molecular complexity index is 956. The first-order chi connectivity index (χ1) is 16.4. The molecule has 0 spiro atoms. The van der Waals surface area contributed by atoms with Crippen LogP contribution in [0.25, 0.3) is 11.3 Å². The molecule has 1 aromatic heterocycles. The van der Waals surface area contributed by atoms with Gasteiger partial charge in [-0.2, -0.15) is 5.10 Å². The molecule has 4 rings (SSSR count). The summed E-state index contributed by atoms with van der Waals surface area (Å²) in [6.45, 7) is 3.39. The molecule has 1 saturated heterocycles. The number of aliphatic hydroxyl groups excluding tert-OH is 1. The number of carbonyl (C=O) groups excluding carboxylic acids is 1. The van der Waals surface area contributed by atoms with Crippen molar-refractivity contribution in [3.63, 3.8) is 0 Å². The van der Waals surface area contributed by atoms with E-state index < -0.39 is 0 Å². The minimum absolute atomic E-state index is 0.0519. The average molecular weight is 472 g/mol. The molecule has 1 aliphatic carbocycles. The maximum atomic E-state index is 13.2. The van der Waals surface area contributed by atoms with Crippen molar-refractivity contribution in [2.45, 2.75) is 37.3 Å². The molecule has 0 atom stereocenters. The number of hydrogen-bond donors (Lipinski definition) is 2. The Morgan fingerprint density at radius 1 is 1.18 bits per heavy atom. The summed E-state index contributed by atoms with van der Waals surface area (Å²) in [6.07, 6.45) is 5.10. The van der Waals surface area contributed by atoms with E-state index in [1.54, 1.807) is 18.3 Å². The van der Waals surface area contributed by atoms with Crippen molar-refractivity contribution in [1.82, 2.24) is 30.3 Å². The first-order valence-electron chi connectivity index (χ1n) is 11.9. The molecule has 2 heterocycles. The van der Waals surface area contributed by atoms with Crippen molar-refractivity contribution >= 4 is 11.9 Å². The second-order valence-corrected chi connectivity index (χ2v) is 9.53. The fraction of sp³-hybridized carbons (Fsp3) is 0.583. The standard InChI is InChI=1S/C24H34FN7O2/c1-30(2)24(17-33)9-7-20(8-10-24)27-22(34)16-31-11-13-32(14-12-31)23-28-21(15-26-29-23)18-3-5-19(25)6-4-18/h3-6,15,20,33H,7-14,16-17H2,1-2H3,(H,27,34)/t20-,24-. The summed E-state index contributed by atoms with van der Waals surface area (Å²) < 4.78 is 13.2. The summed E-state index contributed by atoms with van der Waals surface area (Å²) in [5.41, 5.74) is 1.28. The van der Waals surface area contributed by atoms with Crippen molar-refractivity contribution < 1.29 is 14.3 Å². The van der Waals surface area contributed by atoms with Crippen molar-refractivity contribution in [2.75, 3.05) is 58.3 Å². The fourth-order valence-corrected chi connectivity index (χ4v) is 4.82. The Hall–Kier alpha value is -2.69. The van der Waals surface area contributed by atoms with Crippen LogP contribution in [0.2, 0.25) is 0 Å². The average Bonchev–Trinajstić information content (AvgIpc) is 2.85. The first kappa shape index (κ1) is 24.4. The molecule has 0 bridgehead atoms. The van der Waals surface area contributed by atoms with Crippen LogP contribution in [0.3, 0.4) is 0 Å². The van der Waals surface area contributed by atoms with Crippen molar-refractivity contribution in [3.05, 3.63) is 36.3 Å². The quantitative estimate of drug-likeness (QED) is 0.621. The fourth-order valence-electron chi connectivity index (χ4n) is 4.82. The van der Waals surface area contributed by atoms with Crippen molar-refractivity contribution in [2.24, 2.45) is 0 Å². The second-order valence-electron chi connectivity index (χ2n) is 9.53. The van der Waals surface area contributed by atoms with Gasteiger partial charge >= 0.3 is 0 Å². The van der Waals surface area contributed by atoms with Crippen molar-refractivity contribution in [1.29, 1.82) is 0 Å². The van der Waals surface area contributed by atoms with E-state index in [2.05, 4.69) is 35.2 Å². The zero-order valence-electron chi connectivity index (χ0n) is 20.0. The highest BCUT2D eigenvalue weighted by atomic mass is 19.1. The first-order valence-corrected chi connectivity index (χ1v) is 11.9. The molecule has 0 unspecified atom stereocenters. The Balaban J connectivity index is 1.24. The molecule has 184 valence electrons. The van der Waals surface area contributed by atoms with Crippen LogP contribution >= 0.6 is 0 Å². The minimum atomic E-state index is -0.290. The molecule has 9 nitrogen and oxygen atoms in total. The lowest BCUT2D eigenvalue weighted by Gasteiger charge is -2.44. The van der Waals surface area contributed by atoms with Crippen molar-refractivity contribution in [3.8, 4) is 11.3 Å². The molecule has 1 amide bonds. The Kier molecular flexibility index (Phi) is 7.70. The molecule has 2 fully saturated rings. The maximum Gasteiger partial charge on any atom is 0.245 e. The van der Waals surface area contributed by atoms with Crippen LogP contribution in [-0.4, -0.2) is 101 Å². The second kappa shape index (κ2) is 10.7. The molecular weight excluding hydrogens is 437 g/mol. The Morgan fingerprint density at radius 3 is 2.47 bits per heavy atom. The van der Waals surface area contributed by atoms with Crippen LogP contribution < -0.4 is 10.2 Å². The molecule has 1 saturated carbocycles. The van der Waals surface area contributed by atoms with Gasteiger partial charge in [-0.3, -0.25) is 9.69 Å². The van der Waals surface area contributed by atoms with Gasteiger partial charge in [0.15, 0.2) is 0 Å². The summed E-state index contributed by atoms with van der Waals surface area (Å²) in [4.78, 5) is 23.5. The number of hydrogen-bond acceptors (Lipinski definition) is 8. The van der Waals surface area contributed by atoms with Gasteiger partial charge in [0, 0.05) is 43.3 Å². The molecule has 1 aliphatic heterocycles. The van der Waals surface area contributed by atoms with Gasteiger partial charge in [0.25, 0.3) is 0 Å². The van der Waals surface area contributed by atoms with Crippen LogP contribution in [0.1, 0.15) is 25.7 Å². The molecule has 0 radical (unpaired) electrons. The lowest BCUT2D eigenvalue weighted by atomic mass is 9.79. The number of amides is 1. The molecule has 1 aromatic carbocycles. The van der Waals surface area contributed by atoms with E-state index in [4.69, 9.17) is 0 Å². The van der Waals surface area contributed by atoms with Gasteiger partial charge in [0.2, 0.25) is 11.9 Å². The smallest absolute Gasteiger partial charge is 0.245 e. The normalized spacial score (nSPS) is 23.8. The third kappa shape index (κ3) is 5.68. The summed E-state index contributed by atoms with van der Waals surface area (Å²) in [6, 6.07) is 6.33. The predicted octanol–water partition coefficient (Wildman–Crippen LogP) is 1.15. The van der Waals surface area contributed by atoms with Gasteiger partial charge in [0.1, 0.15) is 5.82 Å². The molecule has 34 heavy (non-hydrogen) atoms. The van der Waals surface area contributed by atoms with Gasteiger partial charge in [0.05, 0.1) is 25.0 Å². The summed E-state index contributed by atoms with van der Waals surface area (Å²) in [7, 11) is 4.02. The van der Waals surface area contributed by atoms with E-state index >= 15 is 0 Å². The number of piperazine rings is 1. The Labute approximate surface area is 200 Å². The van der Waals surface area contributed by atoms with Gasteiger partial charge in [-0.05, 0) is 64.0 Å². The zero-order valence-corrected chi connectivity index (χ0v) is 20.0. The third-order valence-electron chi connectivity index (χ3n) is 7.23.